The van der Waals surface area contributed by atoms with E-state index in [1.165, 1.54) is 5.56 Å². The summed E-state index contributed by atoms with van der Waals surface area (Å²) < 4.78 is 6.58. The van der Waals surface area contributed by atoms with Crippen molar-refractivity contribution in [3.05, 3.63) is 57.5 Å². The number of benzene rings is 2. The van der Waals surface area contributed by atoms with E-state index >= 15 is 0 Å². The van der Waals surface area contributed by atoms with Crippen LogP contribution in [0, 0.1) is 0 Å². The molecule has 0 heterocycles. The van der Waals surface area contributed by atoms with E-state index in [-0.39, 0.29) is 0 Å². The minimum Gasteiger partial charge on any atom is -0.456 e. The summed E-state index contributed by atoms with van der Waals surface area (Å²) in [6.07, 6.45) is 0. The summed E-state index contributed by atoms with van der Waals surface area (Å²) in [6.45, 7) is 0. The van der Waals surface area contributed by atoms with Crippen molar-refractivity contribution in [2.45, 2.75) is 5.33 Å². The van der Waals surface area contributed by atoms with E-state index < -0.39 is 0 Å². The highest BCUT2D eigenvalue weighted by Crippen LogP contribution is 2.31. The molecule has 0 aliphatic heterocycles. The first kappa shape index (κ1) is 12.9. The number of hydrogen-bond acceptors (Lipinski definition) is 1. The molecule has 0 atom stereocenters. The molecule has 0 aromatic heterocycles. The van der Waals surface area contributed by atoms with Crippen molar-refractivity contribution in [3.8, 4) is 11.5 Å². The lowest BCUT2D eigenvalue weighted by Crippen LogP contribution is -1.86. The molecule has 0 saturated heterocycles. The second kappa shape index (κ2) is 5.89. The maximum absolute atomic E-state index is 5.87. The third kappa shape index (κ3) is 3.47. The molecule has 17 heavy (non-hydrogen) atoms. The molecule has 88 valence electrons. The number of halogens is 3. The monoisotopic (exact) mass is 374 g/mol. The minimum absolute atomic E-state index is 0.680. The highest BCUT2D eigenvalue weighted by Gasteiger charge is 2.03. The van der Waals surface area contributed by atoms with Crippen LogP contribution >= 0.6 is 43.5 Å². The molecule has 0 amide bonds. The average molecular weight is 376 g/mol. The van der Waals surface area contributed by atoms with Gasteiger partial charge in [-0.1, -0.05) is 39.7 Å². The fourth-order valence-electron chi connectivity index (χ4n) is 1.33. The first-order chi connectivity index (χ1) is 8.19. The van der Waals surface area contributed by atoms with Gasteiger partial charge in [0.1, 0.15) is 11.5 Å². The van der Waals surface area contributed by atoms with Gasteiger partial charge in [0, 0.05) is 10.4 Å². The predicted molar refractivity (Wildman–Crippen MR) is 78.3 cm³/mol. The molecule has 0 radical (unpaired) electrons. The zero-order valence-electron chi connectivity index (χ0n) is 8.79. The molecule has 0 aliphatic carbocycles. The van der Waals surface area contributed by atoms with E-state index in [9.17, 15) is 0 Å². The van der Waals surface area contributed by atoms with Crippen molar-refractivity contribution >= 4 is 43.5 Å². The fourth-order valence-corrected chi connectivity index (χ4v) is 2.47. The van der Waals surface area contributed by atoms with Crippen LogP contribution in [0.3, 0.4) is 0 Å². The maximum Gasteiger partial charge on any atom is 0.141 e. The summed E-state index contributed by atoms with van der Waals surface area (Å²) >= 11 is 12.7. The highest BCUT2D eigenvalue weighted by atomic mass is 79.9. The van der Waals surface area contributed by atoms with Crippen LogP contribution in [0.15, 0.2) is 46.9 Å². The summed E-state index contributed by atoms with van der Waals surface area (Å²) in [5, 5.41) is 1.52. The van der Waals surface area contributed by atoms with Gasteiger partial charge in [0.05, 0.1) is 4.47 Å². The molecule has 0 unspecified atom stereocenters. The van der Waals surface area contributed by atoms with E-state index in [2.05, 4.69) is 31.9 Å². The highest BCUT2D eigenvalue weighted by molar-refractivity contribution is 9.10. The van der Waals surface area contributed by atoms with Gasteiger partial charge in [0.25, 0.3) is 0 Å². The van der Waals surface area contributed by atoms with Crippen LogP contribution in [0.2, 0.25) is 5.02 Å². The Balaban J connectivity index is 2.19. The molecule has 0 bridgehead atoms. The average Bonchev–Trinajstić information content (AvgIpc) is 2.34. The van der Waals surface area contributed by atoms with E-state index in [0.717, 1.165) is 21.3 Å². The lowest BCUT2D eigenvalue weighted by molar-refractivity contribution is 0.479. The van der Waals surface area contributed by atoms with Crippen LogP contribution in [-0.2, 0) is 5.33 Å². The summed E-state index contributed by atoms with van der Waals surface area (Å²) in [5.74, 6) is 1.55. The van der Waals surface area contributed by atoms with Crippen LogP contribution in [0.5, 0.6) is 11.5 Å². The zero-order valence-corrected chi connectivity index (χ0v) is 12.7. The molecule has 0 saturated carbocycles. The van der Waals surface area contributed by atoms with Crippen LogP contribution in [0.25, 0.3) is 0 Å². The fraction of sp³-hybridized carbons (Fsp3) is 0.0769. The third-order valence-electron chi connectivity index (χ3n) is 2.20. The van der Waals surface area contributed by atoms with Crippen LogP contribution < -0.4 is 4.74 Å². The summed E-state index contributed by atoms with van der Waals surface area (Å²) in [7, 11) is 0. The Morgan fingerprint density at radius 1 is 1.06 bits per heavy atom. The summed E-state index contributed by atoms with van der Waals surface area (Å²) in [6, 6.07) is 13.4. The van der Waals surface area contributed by atoms with Gasteiger partial charge in [-0.25, -0.2) is 0 Å². The molecule has 2 rings (SSSR count). The van der Waals surface area contributed by atoms with E-state index in [1.807, 2.05) is 36.4 Å². The van der Waals surface area contributed by atoms with E-state index in [1.54, 1.807) is 6.07 Å². The van der Waals surface area contributed by atoms with Crippen LogP contribution in [0.4, 0.5) is 0 Å². The van der Waals surface area contributed by atoms with Crippen molar-refractivity contribution in [3.63, 3.8) is 0 Å². The van der Waals surface area contributed by atoms with Crippen molar-refractivity contribution < 1.29 is 4.74 Å². The van der Waals surface area contributed by atoms with E-state index in [4.69, 9.17) is 16.3 Å². The molecule has 2 aromatic rings. The number of hydrogen-bond donors (Lipinski definition) is 0. The molecule has 0 N–H and O–H groups in total. The molecule has 4 heteroatoms. The Hall–Kier alpha value is -0.510. The Morgan fingerprint density at radius 3 is 2.35 bits per heavy atom. The SMILES string of the molecule is Clc1ccc(Oc2ccc(CBr)cc2)c(Br)c1. The largest absolute Gasteiger partial charge is 0.456 e. The van der Waals surface area contributed by atoms with Crippen molar-refractivity contribution in [2.24, 2.45) is 0 Å². The molecule has 0 spiro atoms. The Bertz CT molecular complexity index is 511. The Kier molecular flexibility index (Phi) is 4.48. The van der Waals surface area contributed by atoms with Crippen LogP contribution in [-0.4, -0.2) is 0 Å². The third-order valence-corrected chi connectivity index (χ3v) is 3.70. The summed E-state index contributed by atoms with van der Waals surface area (Å²) in [5.41, 5.74) is 1.22. The second-order valence-electron chi connectivity index (χ2n) is 3.45. The van der Waals surface area contributed by atoms with Crippen molar-refractivity contribution in [2.75, 3.05) is 0 Å². The number of alkyl halides is 1. The molecular weight excluding hydrogens is 367 g/mol. The first-order valence-electron chi connectivity index (χ1n) is 4.97. The first-order valence-corrected chi connectivity index (χ1v) is 7.26. The summed E-state index contributed by atoms with van der Waals surface area (Å²) in [4.78, 5) is 0. The topological polar surface area (TPSA) is 9.23 Å². The van der Waals surface area contributed by atoms with Gasteiger partial charge < -0.3 is 4.74 Å². The Labute approximate surface area is 122 Å². The van der Waals surface area contributed by atoms with Crippen LogP contribution in [0.1, 0.15) is 5.56 Å². The van der Waals surface area contributed by atoms with Gasteiger partial charge in [-0.2, -0.15) is 0 Å². The van der Waals surface area contributed by atoms with Gasteiger partial charge in [0.15, 0.2) is 0 Å². The standard InChI is InChI=1S/C13H9Br2ClO/c14-8-9-1-4-11(5-2-9)17-13-6-3-10(16)7-12(13)15/h1-7H,8H2. The van der Waals surface area contributed by atoms with Gasteiger partial charge >= 0.3 is 0 Å². The van der Waals surface area contributed by atoms with Gasteiger partial charge in [-0.05, 0) is 51.8 Å². The second-order valence-corrected chi connectivity index (χ2v) is 5.31. The minimum atomic E-state index is 0.680. The van der Waals surface area contributed by atoms with Crippen molar-refractivity contribution in [1.29, 1.82) is 0 Å². The molecule has 2 aromatic carbocycles. The predicted octanol–water partition coefficient (Wildman–Crippen LogP) is 5.79. The van der Waals surface area contributed by atoms with E-state index in [0.29, 0.717) is 5.02 Å². The number of ether oxygens (including phenoxy) is 1. The molecule has 0 aliphatic rings. The van der Waals surface area contributed by atoms with Gasteiger partial charge in [-0.3, -0.25) is 0 Å². The normalized spacial score (nSPS) is 10.3. The lowest BCUT2D eigenvalue weighted by atomic mass is 10.2. The maximum atomic E-state index is 5.87. The molecular formula is C13H9Br2ClO. The Morgan fingerprint density at radius 2 is 1.76 bits per heavy atom. The quantitative estimate of drug-likeness (QED) is 0.616. The molecule has 1 nitrogen and oxygen atoms in total. The van der Waals surface area contributed by atoms with Gasteiger partial charge in [0.2, 0.25) is 0 Å². The van der Waals surface area contributed by atoms with Gasteiger partial charge in [-0.15, -0.1) is 0 Å². The smallest absolute Gasteiger partial charge is 0.141 e. The number of rotatable bonds is 3. The zero-order chi connectivity index (χ0) is 12.3. The lowest BCUT2D eigenvalue weighted by Gasteiger charge is -2.08. The molecule has 0 fully saturated rings. The van der Waals surface area contributed by atoms with Crippen molar-refractivity contribution in [1.82, 2.24) is 0 Å².